The van der Waals surface area contributed by atoms with Gasteiger partial charge in [-0.2, -0.15) is 0 Å². The minimum Gasteiger partial charge on any atom is -0.350 e. The van der Waals surface area contributed by atoms with Crippen molar-refractivity contribution in [3.63, 3.8) is 0 Å². The van der Waals surface area contributed by atoms with Gasteiger partial charge in [0.25, 0.3) is 0 Å². The lowest BCUT2D eigenvalue weighted by Crippen LogP contribution is -2.42. The number of carbonyl (C=O) groups is 1. The number of ketones is 1. The highest BCUT2D eigenvalue weighted by molar-refractivity contribution is 5.83. The van der Waals surface area contributed by atoms with Gasteiger partial charge in [-0.1, -0.05) is 66.2 Å². The van der Waals surface area contributed by atoms with E-state index in [0.29, 0.717) is 17.6 Å². The topological polar surface area (TPSA) is 35.5 Å². The molecule has 2 aliphatic carbocycles. The van der Waals surface area contributed by atoms with Crippen LogP contribution >= 0.6 is 0 Å². The average molecular weight is 407 g/mol. The minimum atomic E-state index is 0.0439. The van der Waals surface area contributed by atoms with Gasteiger partial charge in [-0.15, -0.1) is 0 Å². The molecule has 0 bridgehead atoms. The zero-order valence-electron chi connectivity index (χ0n) is 19.6. The van der Waals surface area contributed by atoms with Gasteiger partial charge < -0.3 is 9.47 Å². The first-order chi connectivity index (χ1) is 13.9. The SMILES string of the molecule is CC(C)CCC[C@@H](C)[C@H]1CC[C@H]2C(=O)C[C@H](CCCCCC3OCCO3)C[C@]12C. The summed E-state index contributed by atoms with van der Waals surface area (Å²) in [5.41, 5.74) is 0.267. The van der Waals surface area contributed by atoms with Crippen LogP contribution in [-0.4, -0.2) is 25.3 Å². The first-order valence-electron chi connectivity index (χ1n) is 12.7. The Bertz CT molecular complexity index is 510. The van der Waals surface area contributed by atoms with Crippen LogP contribution in [0.1, 0.15) is 105 Å². The molecule has 0 aromatic rings. The van der Waals surface area contributed by atoms with Crippen LogP contribution in [0.25, 0.3) is 0 Å². The van der Waals surface area contributed by atoms with Crippen LogP contribution in [0.4, 0.5) is 0 Å². The molecule has 0 aromatic heterocycles. The Labute approximate surface area is 179 Å². The lowest BCUT2D eigenvalue weighted by atomic mass is 9.58. The molecular formula is C26H46O3. The summed E-state index contributed by atoms with van der Waals surface area (Å²) in [5, 5.41) is 0. The fourth-order valence-electron chi connectivity index (χ4n) is 6.89. The van der Waals surface area contributed by atoms with Gasteiger partial charge in [0.05, 0.1) is 13.2 Å². The molecule has 5 atom stereocenters. The molecule has 3 nitrogen and oxygen atoms in total. The molecule has 3 heteroatoms. The molecule has 1 heterocycles. The Morgan fingerprint density at radius 2 is 1.69 bits per heavy atom. The summed E-state index contributed by atoms with van der Waals surface area (Å²) in [7, 11) is 0. The minimum absolute atomic E-state index is 0.0439. The van der Waals surface area contributed by atoms with Crippen molar-refractivity contribution in [3.8, 4) is 0 Å². The molecule has 0 N–H and O–H groups in total. The molecule has 0 aromatic carbocycles. The summed E-state index contributed by atoms with van der Waals surface area (Å²) in [6, 6.07) is 0. The number of unbranched alkanes of at least 4 members (excludes halogenated alkanes) is 2. The van der Waals surface area contributed by atoms with Crippen LogP contribution in [0.5, 0.6) is 0 Å². The summed E-state index contributed by atoms with van der Waals surface area (Å²) in [6.07, 6.45) is 14.6. The van der Waals surface area contributed by atoms with E-state index in [0.717, 1.165) is 50.2 Å². The Morgan fingerprint density at radius 3 is 2.41 bits per heavy atom. The van der Waals surface area contributed by atoms with Crippen molar-refractivity contribution in [3.05, 3.63) is 0 Å². The van der Waals surface area contributed by atoms with Gasteiger partial charge in [0.1, 0.15) is 5.78 Å². The second-order valence-corrected chi connectivity index (χ2v) is 11.1. The lowest BCUT2D eigenvalue weighted by Gasteiger charge is -2.45. The molecule has 3 aliphatic rings. The van der Waals surface area contributed by atoms with Gasteiger partial charge in [0, 0.05) is 12.3 Å². The molecule has 3 fully saturated rings. The number of rotatable bonds is 11. The van der Waals surface area contributed by atoms with Gasteiger partial charge in [-0.25, -0.2) is 0 Å². The molecule has 29 heavy (non-hydrogen) atoms. The van der Waals surface area contributed by atoms with Gasteiger partial charge in [0.2, 0.25) is 0 Å². The second kappa shape index (κ2) is 10.8. The van der Waals surface area contributed by atoms with E-state index in [2.05, 4.69) is 27.7 Å². The molecule has 0 spiro atoms. The summed E-state index contributed by atoms with van der Waals surface area (Å²) >= 11 is 0. The number of carbonyl (C=O) groups excluding carboxylic acids is 1. The maximum Gasteiger partial charge on any atom is 0.157 e. The van der Waals surface area contributed by atoms with Crippen LogP contribution in [0.2, 0.25) is 0 Å². The van der Waals surface area contributed by atoms with Crippen LogP contribution in [0.3, 0.4) is 0 Å². The Hall–Kier alpha value is -0.410. The molecule has 1 aliphatic heterocycles. The predicted octanol–water partition coefficient (Wildman–Crippen LogP) is 6.78. The molecule has 2 saturated carbocycles. The van der Waals surface area contributed by atoms with Crippen LogP contribution in [0, 0.1) is 35.0 Å². The number of ether oxygens (including phenoxy) is 2. The van der Waals surface area contributed by atoms with E-state index in [1.54, 1.807) is 0 Å². The van der Waals surface area contributed by atoms with E-state index in [9.17, 15) is 4.79 Å². The van der Waals surface area contributed by atoms with E-state index < -0.39 is 0 Å². The molecule has 0 amide bonds. The van der Waals surface area contributed by atoms with E-state index in [1.807, 2.05) is 0 Å². The maximum absolute atomic E-state index is 13.0. The smallest absolute Gasteiger partial charge is 0.157 e. The molecule has 1 saturated heterocycles. The summed E-state index contributed by atoms with van der Waals surface area (Å²) in [5.74, 6) is 3.89. The van der Waals surface area contributed by atoms with Crippen molar-refractivity contribution >= 4 is 5.78 Å². The van der Waals surface area contributed by atoms with Crippen molar-refractivity contribution in [1.82, 2.24) is 0 Å². The number of Topliss-reactive ketones (excluding diaryl/α,β-unsaturated/α-hetero) is 1. The van der Waals surface area contributed by atoms with Crippen molar-refractivity contribution in [2.75, 3.05) is 13.2 Å². The first kappa shape index (κ1) is 23.3. The predicted molar refractivity (Wildman–Crippen MR) is 119 cm³/mol. The largest absolute Gasteiger partial charge is 0.350 e. The summed E-state index contributed by atoms with van der Waals surface area (Å²) in [4.78, 5) is 13.0. The molecular weight excluding hydrogens is 360 g/mol. The fourth-order valence-corrected chi connectivity index (χ4v) is 6.89. The highest BCUT2D eigenvalue weighted by Crippen LogP contribution is 2.58. The normalized spacial score (nSPS) is 34.1. The zero-order valence-corrected chi connectivity index (χ0v) is 19.6. The number of fused-ring (bicyclic) bond motifs is 1. The summed E-state index contributed by atoms with van der Waals surface area (Å²) < 4.78 is 11.1. The molecule has 168 valence electrons. The van der Waals surface area contributed by atoms with Crippen molar-refractivity contribution in [2.24, 2.45) is 35.0 Å². The molecule has 0 radical (unpaired) electrons. The maximum atomic E-state index is 13.0. The molecule has 0 unspecified atom stereocenters. The highest BCUT2D eigenvalue weighted by Gasteiger charge is 2.54. The molecule has 3 rings (SSSR count). The third-order valence-corrected chi connectivity index (χ3v) is 8.39. The third kappa shape index (κ3) is 6.06. The summed E-state index contributed by atoms with van der Waals surface area (Å²) in [6.45, 7) is 11.1. The number of hydrogen-bond acceptors (Lipinski definition) is 3. The average Bonchev–Trinajstić information content (AvgIpc) is 3.28. The lowest BCUT2D eigenvalue weighted by molar-refractivity contribution is -0.132. The Morgan fingerprint density at radius 1 is 0.966 bits per heavy atom. The number of hydrogen-bond donors (Lipinski definition) is 0. The van der Waals surface area contributed by atoms with Gasteiger partial charge in [-0.3, -0.25) is 4.79 Å². The zero-order chi connectivity index (χ0) is 20.9. The van der Waals surface area contributed by atoms with Crippen molar-refractivity contribution in [1.29, 1.82) is 0 Å². The van der Waals surface area contributed by atoms with E-state index in [4.69, 9.17) is 9.47 Å². The van der Waals surface area contributed by atoms with Crippen molar-refractivity contribution < 1.29 is 14.3 Å². The van der Waals surface area contributed by atoms with E-state index in [-0.39, 0.29) is 11.7 Å². The van der Waals surface area contributed by atoms with Gasteiger partial charge in [-0.05, 0) is 61.2 Å². The van der Waals surface area contributed by atoms with E-state index in [1.165, 1.54) is 57.8 Å². The van der Waals surface area contributed by atoms with E-state index >= 15 is 0 Å². The van der Waals surface area contributed by atoms with Crippen LogP contribution < -0.4 is 0 Å². The quantitative estimate of drug-likeness (QED) is 0.355. The van der Waals surface area contributed by atoms with Gasteiger partial charge in [0.15, 0.2) is 6.29 Å². The van der Waals surface area contributed by atoms with Crippen molar-refractivity contribution in [2.45, 2.75) is 111 Å². The Kier molecular flexibility index (Phi) is 8.62. The standard InChI is InChI=1S/C26H46O3/c1-19(2)9-8-10-20(3)22-13-14-23-24(27)17-21(18-26(22,23)4)11-6-5-7-12-25-28-15-16-29-25/h19-23,25H,5-18H2,1-4H3/t20-,21+,22-,23+,26-/m1/s1. The monoisotopic (exact) mass is 406 g/mol. The van der Waals surface area contributed by atoms with Crippen LogP contribution in [0.15, 0.2) is 0 Å². The van der Waals surface area contributed by atoms with Gasteiger partial charge >= 0.3 is 0 Å². The fraction of sp³-hybridized carbons (Fsp3) is 0.962. The van der Waals surface area contributed by atoms with Crippen LogP contribution in [-0.2, 0) is 14.3 Å². The highest BCUT2D eigenvalue weighted by atomic mass is 16.7. The first-order valence-corrected chi connectivity index (χ1v) is 12.7. The third-order valence-electron chi connectivity index (χ3n) is 8.39. The second-order valence-electron chi connectivity index (χ2n) is 11.1. The Balaban J connectivity index is 1.45.